The number of carbonyl (C=O) groups excluding carboxylic acids is 1. The van der Waals surface area contributed by atoms with Crippen LogP contribution in [-0.2, 0) is 11.3 Å². The van der Waals surface area contributed by atoms with Crippen LogP contribution in [0.15, 0.2) is 36.4 Å². The van der Waals surface area contributed by atoms with Gasteiger partial charge in [0, 0.05) is 13.1 Å². The first-order chi connectivity index (χ1) is 13.1. The molecule has 2 aromatic carbocycles. The van der Waals surface area contributed by atoms with Gasteiger partial charge in [-0.3, -0.25) is 4.79 Å². The summed E-state index contributed by atoms with van der Waals surface area (Å²) in [5.41, 5.74) is 1.39. The minimum atomic E-state index is -0.159. The maximum atomic E-state index is 12.5. The maximum Gasteiger partial charge on any atom is 0.260 e. The molecule has 7 heteroatoms. The highest BCUT2D eigenvalue weighted by molar-refractivity contribution is 6.32. The number of benzene rings is 2. The van der Waals surface area contributed by atoms with E-state index in [2.05, 4.69) is 0 Å². The number of hydrogen-bond acceptors (Lipinski definition) is 5. The molecule has 1 aliphatic heterocycles. The lowest BCUT2D eigenvalue weighted by molar-refractivity contribution is -0.133. The van der Waals surface area contributed by atoms with Crippen LogP contribution in [0.5, 0.6) is 17.2 Å². The number of rotatable bonds is 6. The predicted molar refractivity (Wildman–Crippen MR) is 100 cm³/mol. The van der Waals surface area contributed by atoms with Crippen LogP contribution in [0, 0.1) is 11.3 Å². The molecular weight excluding hydrogens is 368 g/mol. The van der Waals surface area contributed by atoms with E-state index in [9.17, 15) is 4.79 Å². The number of fused-ring (bicyclic) bond motifs is 1. The Labute approximate surface area is 162 Å². The Balaban J connectivity index is 1.62. The summed E-state index contributed by atoms with van der Waals surface area (Å²) in [6.07, 6.45) is 0. The van der Waals surface area contributed by atoms with Gasteiger partial charge in [-0.15, -0.1) is 0 Å². The van der Waals surface area contributed by atoms with E-state index in [1.807, 2.05) is 31.2 Å². The molecule has 1 aliphatic rings. The second-order valence-corrected chi connectivity index (χ2v) is 6.34. The quantitative estimate of drug-likeness (QED) is 0.760. The van der Waals surface area contributed by atoms with Crippen molar-refractivity contribution in [2.24, 2.45) is 0 Å². The number of ether oxygens (including phenoxy) is 3. The minimum absolute atomic E-state index is 0.135. The monoisotopic (exact) mass is 386 g/mol. The standard InChI is InChI=1S/C20H19ClN2O4/c1-2-23(12-15-4-6-18-19(10-15)26-8-7-25-18)20(24)13-27-17-5-3-14(11-22)9-16(17)21/h3-6,9-10H,2,7-8,12-13H2,1H3. The molecule has 0 fully saturated rings. The molecule has 0 unspecified atom stereocenters. The number of carbonyl (C=O) groups is 1. The van der Waals surface area contributed by atoms with Crippen molar-refractivity contribution < 1.29 is 19.0 Å². The Kier molecular flexibility index (Phi) is 6.05. The van der Waals surface area contributed by atoms with Crippen molar-refractivity contribution in [3.05, 3.63) is 52.5 Å². The second-order valence-electron chi connectivity index (χ2n) is 5.93. The van der Waals surface area contributed by atoms with Crippen LogP contribution in [0.2, 0.25) is 5.02 Å². The first-order valence-corrected chi connectivity index (χ1v) is 8.97. The lowest BCUT2D eigenvalue weighted by Gasteiger charge is -2.23. The summed E-state index contributed by atoms with van der Waals surface area (Å²) < 4.78 is 16.6. The third-order valence-electron chi connectivity index (χ3n) is 4.13. The lowest BCUT2D eigenvalue weighted by atomic mass is 10.1. The van der Waals surface area contributed by atoms with Crippen molar-refractivity contribution in [1.29, 1.82) is 5.26 Å². The summed E-state index contributed by atoms with van der Waals surface area (Å²) >= 11 is 6.08. The molecule has 1 amide bonds. The smallest absolute Gasteiger partial charge is 0.260 e. The largest absolute Gasteiger partial charge is 0.486 e. The summed E-state index contributed by atoms with van der Waals surface area (Å²) in [5, 5.41) is 9.17. The molecule has 0 spiro atoms. The first-order valence-electron chi connectivity index (χ1n) is 8.59. The number of halogens is 1. The average molecular weight is 387 g/mol. The van der Waals surface area contributed by atoms with E-state index < -0.39 is 0 Å². The van der Waals surface area contributed by atoms with Crippen molar-refractivity contribution in [3.8, 4) is 23.3 Å². The number of amides is 1. The minimum Gasteiger partial charge on any atom is -0.486 e. The normalized spacial score (nSPS) is 12.2. The van der Waals surface area contributed by atoms with E-state index in [-0.39, 0.29) is 12.5 Å². The molecule has 0 atom stereocenters. The number of hydrogen-bond donors (Lipinski definition) is 0. The number of likely N-dealkylation sites (N-methyl/N-ethyl adjacent to an activating group) is 1. The zero-order valence-corrected chi connectivity index (χ0v) is 15.7. The average Bonchev–Trinajstić information content (AvgIpc) is 2.70. The molecule has 0 N–H and O–H groups in total. The summed E-state index contributed by atoms with van der Waals surface area (Å²) in [6.45, 7) is 3.82. The van der Waals surface area contributed by atoms with Crippen LogP contribution in [0.1, 0.15) is 18.1 Å². The molecule has 1 heterocycles. The Morgan fingerprint density at radius 3 is 2.70 bits per heavy atom. The van der Waals surface area contributed by atoms with Crippen LogP contribution in [0.25, 0.3) is 0 Å². The molecule has 0 saturated carbocycles. The summed E-state index contributed by atoms with van der Waals surface area (Å²) in [6, 6.07) is 12.4. The maximum absolute atomic E-state index is 12.5. The van der Waals surface area contributed by atoms with Gasteiger partial charge in [-0.1, -0.05) is 17.7 Å². The molecule has 0 aromatic heterocycles. The van der Waals surface area contributed by atoms with Crippen molar-refractivity contribution >= 4 is 17.5 Å². The Morgan fingerprint density at radius 2 is 2.00 bits per heavy atom. The van der Waals surface area contributed by atoms with E-state index in [0.29, 0.717) is 48.4 Å². The Hall–Kier alpha value is -2.91. The first kappa shape index (κ1) is 18.9. The van der Waals surface area contributed by atoms with Crippen LogP contribution < -0.4 is 14.2 Å². The molecule has 3 rings (SSSR count). The molecule has 2 aromatic rings. The molecule has 0 bridgehead atoms. The van der Waals surface area contributed by atoms with Gasteiger partial charge in [0.05, 0.1) is 16.7 Å². The Bertz CT molecular complexity index is 879. The highest BCUT2D eigenvalue weighted by Gasteiger charge is 2.17. The van der Waals surface area contributed by atoms with Crippen molar-refractivity contribution in [3.63, 3.8) is 0 Å². The van der Waals surface area contributed by atoms with Gasteiger partial charge in [-0.25, -0.2) is 0 Å². The van der Waals surface area contributed by atoms with Gasteiger partial charge in [0.1, 0.15) is 19.0 Å². The topological polar surface area (TPSA) is 71.8 Å². The van der Waals surface area contributed by atoms with E-state index >= 15 is 0 Å². The van der Waals surface area contributed by atoms with E-state index in [1.54, 1.807) is 17.0 Å². The number of nitriles is 1. The summed E-state index contributed by atoms with van der Waals surface area (Å²) in [7, 11) is 0. The molecule has 0 aliphatic carbocycles. The Morgan fingerprint density at radius 1 is 1.22 bits per heavy atom. The molecule has 6 nitrogen and oxygen atoms in total. The fourth-order valence-corrected chi connectivity index (χ4v) is 2.94. The van der Waals surface area contributed by atoms with Crippen LogP contribution in [0.3, 0.4) is 0 Å². The third-order valence-corrected chi connectivity index (χ3v) is 4.42. The van der Waals surface area contributed by atoms with E-state index in [1.165, 1.54) is 6.07 Å². The summed E-state index contributed by atoms with van der Waals surface area (Å²) in [4.78, 5) is 14.2. The second kappa shape index (κ2) is 8.65. The zero-order valence-electron chi connectivity index (χ0n) is 14.9. The SMILES string of the molecule is CCN(Cc1ccc2c(c1)OCCO2)C(=O)COc1ccc(C#N)cc1Cl. The van der Waals surface area contributed by atoms with Gasteiger partial charge < -0.3 is 19.1 Å². The molecule has 140 valence electrons. The van der Waals surface area contributed by atoms with Crippen LogP contribution in [0.4, 0.5) is 0 Å². The highest BCUT2D eigenvalue weighted by Crippen LogP contribution is 2.31. The van der Waals surface area contributed by atoms with Gasteiger partial charge >= 0.3 is 0 Å². The molecular formula is C20H19ClN2O4. The van der Waals surface area contributed by atoms with Crippen molar-refractivity contribution in [1.82, 2.24) is 4.90 Å². The third kappa shape index (κ3) is 4.63. The van der Waals surface area contributed by atoms with Gasteiger partial charge in [0.25, 0.3) is 5.91 Å². The molecule has 0 radical (unpaired) electrons. The summed E-state index contributed by atoms with van der Waals surface area (Å²) in [5.74, 6) is 1.63. The van der Waals surface area contributed by atoms with E-state index in [4.69, 9.17) is 31.1 Å². The van der Waals surface area contributed by atoms with Gasteiger partial charge in [-0.05, 0) is 42.8 Å². The van der Waals surface area contributed by atoms with Crippen LogP contribution in [-0.4, -0.2) is 37.2 Å². The van der Waals surface area contributed by atoms with Crippen molar-refractivity contribution in [2.75, 3.05) is 26.4 Å². The molecule has 27 heavy (non-hydrogen) atoms. The van der Waals surface area contributed by atoms with Crippen molar-refractivity contribution in [2.45, 2.75) is 13.5 Å². The van der Waals surface area contributed by atoms with Crippen LogP contribution >= 0.6 is 11.6 Å². The zero-order chi connectivity index (χ0) is 19.2. The number of nitrogens with zero attached hydrogens (tertiary/aromatic N) is 2. The molecule has 0 saturated heterocycles. The fourth-order valence-electron chi connectivity index (χ4n) is 2.70. The predicted octanol–water partition coefficient (Wildman–Crippen LogP) is 3.41. The van der Waals surface area contributed by atoms with Gasteiger partial charge in [0.15, 0.2) is 18.1 Å². The van der Waals surface area contributed by atoms with Gasteiger partial charge in [0.2, 0.25) is 0 Å². The lowest BCUT2D eigenvalue weighted by Crippen LogP contribution is -2.34. The van der Waals surface area contributed by atoms with E-state index in [0.717, 1.165) is 11.3 Å². The highest BCUT2D eigenvalue weighted by atomic mass is 35.5. The fraction of sp³-hybridized carbons (Fsp3) is 0.300. The van der Waals surface area contributed by atoms with Gasteiger partial charge in [-0.2, -0.15) is 5.26 Å².